The van der Waals surface area contributed by atoms with Crippen molar-refractivity contribution in [3.8, 4) is 0 Å². The van der Waals surface area contributed by atoms with E-state index in [1.165, 1.54) is 12.1 Å². The van der Waals surface area contributed by atoms with E-state index in [-0.39, 0.29) is 17.9 Å². The number of hydrogen-bond donors (Lipinski definition) is 2. The van der Waals surface area contributed by atoms with Gasteiger partial charge in [0.1, 0.15) is 12.0 Å². The monoisotopic (exact) mass is 292 g/mol. The second-order valence-corrected chi connectivity index (χ2v) is 5.90. The van der Waals surface area contributed by atoms with E-state index in [1.54, 1.807) is 6.07 Å². The van der Waals surface area contributed by atoms with Crippen LogP contribution in [0, 0.1) is 16.0 Å². The Morgan fingerprint density at radius 1 is 1.48 bits per heavy atom. The van der Waals surface area contributed by atoms with Gasteiger partial charge in [0.15, 0.2) is 0 Å². The van der Waals surface area contributed by atoms with E-state index >= 15 is 0 Å². The van der Waals surface area contributed by atoms with Gasteiger partial charge in [-0.25, -0.2) is 0 Å². The quantitative estimate of drug-likeness (QED) is 0.494. The molecular formula is C15H20N2O4. The topological polar surface area (TPSA) is 92.5 Å². The smallest absolute Gasteiger partial charge is 0.293 e. The lowest BCUT2D eigenvalue weighted by atomic mass is 9.77. The molecule has 1 aliphatic rings. The molecule has 114 valence electrons. The van der Waals surface area contributed by atoms with Crippen LogP contribution in [0.1, 0.15) is 43.0 Å². The summed E-state index contributed by atoms with van der Waals surface area (Å²) < 4.78 is 0. The Morgan fingerprint density at radius 2 is 2.14 bits per heavy atom. The van der Waals surface area contributed by atoms with Crippen LogP contribution in [-0.2, 0) is 0 Å². The van der Waals surface area contributed by atoms with Gasteiger partial charge < -0.3 is 10.4 Å². The number of aliphatic hydroxyl groups excluding tert-OH is 1. The third-order valence-corrected chi connectivity index (χ3v) is 4.29. The van der Waals surface area contributed by atoms with Crippen molar-refractivity contribution >= 4 is 17.7 Å². The van der Waals surface area contributed by atoms with Gasteiger partial charge in [0.25, 0.3) is 5.69 Å². The number of carbonyl (C=O) groups excluding carboxylic acids is 1. The van der Waals surface area contributed by atoms with E-state index in [4.69, 9.17) is 0 Å². The number of rotatable bonds is 5. The molecular weight excluding hydrogens is 272 g/mol. The molecule has 6 heteroatoms. The van der Waals surface area contributed by atoms with E-state index < -0.39 is 10.5 Å². The van der Waals surface area contributed by atoms with Gasteiger partial charge in [-0.05, 0) is 43.7 Å². The number of anilines is 1. The van der Waals surface area contributed by atoms with Crippen LogP contribution in [0.15, 0.2) is 18.2 Å². The first-order chi connectivity index (χ1) is 9.99. The highest BCUT2D eigenvalue weighted by atomic mass is 16.6. The fourth-order valence-electron chi connectivity index (χ4n) is 2.80. The Kier molecular flexibility index (Phi) is 4.57. The molecule has 0 amide bonds. The zero-order chi connectivity index (χ0) is 15.5. The molecule has 0 radical (unpaired) electrons. The molecule has 1 aromatic rings. The minimum Gasteiger partial charge on any atom is -0.394 e. The van der Waals surface area contributed by atoms with Crippen LogP contribution in [-0.4, -0.2) is 28.5 Å². The van der Waals surface area contributed by atoms with Gasteiger partial charge in [-0.3, -0.25) is 14.9 Å². The molecule has 2 N–H and O–H groups in total. The minimum absolute atomic E-state index is 0.0632. The molecule has 1 saturated carbocycles. The summed E-state index contributed by atoms with van der Waals surface area (Å²) in [6, 6.07) is 4.34. The number of nitrogens with one attached hydrogen (secondary N) is 1. The molecule has 0 aliphatic heterocycles. The van der Waals surface area contributed by atoms with Gasteiger partial charge in [0, 0.05) is 11.6 Å². The highest BCUT2D eigenvalue weighted by Crippen LogP contribution is 2.36. The predicted octanol–water partition coefficient (Wildman–Crippen LogP) is 2.76. The number of hydrogen-bond acceptors (Lipinski definition) is 5. The highest BCUT2D eigenvalue weighted by Gasteiger charge is 2.35. The minimum atomic E-state index is -0.514. The van der Waals surface area contributed by atoms with Crippen LogP contribution < -0.4 is 5.32 Å². The fourth-order valence-corrected chi connectivity index (χ4v) is 2.80. The molecule has 1 fully saturated rings. The lowest BCUT2D eigenvalue weighted by Gasteiger charge is -2.39. The standard InChI is InChI=1S/C15H20N2O4/c1-11-4-6-15(10-19,7-5-11)16-13-3-2-12(9-18)8-14(13)17(20)21/h2-3,8-9,11,16,19H,4-7,10H2,1H3. The van der Waals surface area contributed by atoms with E-state index in [2.05, 4.69) is 12.2 Å². The van der Waals surface area contributed by atoms with E-state index in [0.29, 0.717) is 17.9 Å². The summed E-state index contributed by atoms with van der Waals surface area (Å²) in [6.07, 6.45) is 4.09. The third kappa shape index (κ3) is 3.39. The summed E-state index contributed by atoms with van der Waals surface area (Å²) in [6.45, 7) is 2.11. The van der Waals surface area contributed by atoms with Crippen molar-refractivity contribution in [3.05, 3.63) is 33.9 Å². The Hall–Kier alpha value is -1.95. The predicted molar refractivity (Wildman–Crippen MR) is 79.6 cm³/mol. The molecule has 2 rings (SSSR count). The van der Waals surface area contributed by atoms with Crippen LogP contribution in [0.25, 0.3) is 0 Å². The van der Waals surface area contributed by atoms with Crippen molar-refractivity contribution in [1.29, 1.82) is 0 Å². The molecule has 0 unspecified atom stereocenters. The Morgan fingerprint density at radius 3 is 2.67 bits per heavy atom. The second-order valence-electron chi connectivity index (χ2n) is 5.90. The van der Waals surface area contributed by atoms with Gasteiger partial charge in [0.05, 0.1) is 17.1 Å². The molecule has 6 nitrogen and oxygen atoms in total. The number of aldehydes is 1. The molecule has 0 atom stereocenters. The summed E-state index contributed by atoms with van der Waals surface area (Å²) in [4.78, 5) is 21.4. The number of nitro groups is 1. The molecule has 1 aliphatic carbocycles. The van der Waals surface area contributed by atoms with Gasteiger partial charge in [0.2, 0.25) is 0 Å². The zero-order valence-electron chi connectivity index (χ0n) is 12.0. The average molecular weight is 292 g/mol. The first-order valence-corrected chi connectivity index (χ1v) is 7.12. The summed E-state index contributed by atoms with van der Waals surface area (Å²) in [5, 5.41) is 24.1. The SMILES string of the molecule is CC1CCC(CO)(Nc2ccc(C=O)cc2[N+](=O)[O-])CC1. The molecule has 0 saturated heterocycles. The summed E-state index contributed by atoms with van der Waals surface area (Å²) in [5.74, 6) is 0.610. The molecule has 21 heavy (non-hydrogen) atoms. The summed E-state index contributed by atoms with van der Waals surface area (Å²) in [5.41, 5.74) is -0.0252. The van der Waals surface area contributed by atoms with Crippen molar-refractivity contribution in [1.82, 2.24) is 0 Å². The maximum atomic E-state index is 11.2. The van der Waals surface area contributed by atoms with Gasteiger partial charge in [-0.1, -0.05) is 6.92 Å². The highest BCUT2D eigenvalue weighted by molar-refractivity contribution is 5.79. The van der Waals surface area contributed by atoms with Crippen molar-refractivity contribution in [2.45, 2.75) is 38.1 Å². The fraction of sp³-hybridized carbons (Fsp3) is 0.533. The van der Waals surface area contributed by atoms with E-state index in [1.807, 2.05) is 0 Å². The van der Waals surface area contributed by atoms with Crippen LogP contribution in [0.3, 0.4) is 0 Å². The largest absolute Gasteiger partial charge is 0.394 e. The maximum absolute atomic E-state index is 11.2. The van der Waals surface area contributed by atoms with Crippen LogP contribution in [0.2, 0.25) is 0 Å². The van der Waals surface area contributed by atoms with Crippen LogP contribution in [0.5, 0.6) is 0 Å². The Bertz CT molecular complexity index is 536. The third-order valence-electron chi connectivity index (χ3n) is 4.29. The number of aliphatic hydroxyl groups is 1. The number of carbonyl (C=O) groups is 1. The average Bonchev–Trinajstić information content (AvgIpc) is 2.50. The van der Waals surface area contributed by atoms with Gasteiger partial charge in [-0.2, -0.15) is 0 Å². The number of nitrogens with zero attached hydrogens (tertiary/aromatic N) is 1. The lowest BCUT2D eigenvalue weighted by Crippen LogP contribution is -2.45. The molecule has 0 heterocycles. The molecule has 0 bridgehead atoms. The normalized spacial score (nSPS) is 25.3. The van der Waals surface area contributed by atoms with Crippen molar-refractivity contribution in [2.24, 2.45) is 5.92 Å². The Labute approximate surface area is 123 Å². The molecule has 0 aromatic heterocycles. The first-order valence-electron chi connectivity index (χ1n) is 7.12. The van der Waals surface area contributed by atoms with Gasteiger partial charge in [-0.15, -0.1) is 0 Å². The first kappa shape index (κ1) is 15.4. The lowest BCUT2D eigenvalue weighted by molar-refractivity contribution is -0.384. The summed E-state index contributed by atoms with van der Waals surface area (Å²) >= 11 is 0. The van der Waals surface area contributed by atoms with Crippen LogP contribution in [0.4, 0.5) is 11.4 Å². The second kappa shape index (κ2) is 6.22. The van der Waals surface area contributed by atoms with Crippen molar-refractivity contribution < 1.29 is 14.8 Å². The zero-order valence-corrected chi connectivity index (χ0v) is 12.0. The van der Waals surface area contributed by atoms with E-state index in [0.717, 1.165) is 25.7 Å². The van der Waals surface area contributed by atoms with Crippen LogP contribution >= 0.6 is 0 Å². The maximum Gasteiger partial charge on any atom is 0.293 e. The van der Waals surface area contributed by atoms with E-state index in [9.17, 15) is 20.0 Å². The number of benzene rings is 1. The van der Waals surface area contributed by atoms with Crippen molar-refractivity contribution in [3.63, 3.8) is 0 Å². The van der Waals surface area contributed by atoms with Gasteiger partial charge >= 0.3 is 0 Å². The molecule has 1 aromatic carbocycles. The Balaban J connectivity index is 2.29. The molecule has 0 spiro atoms. The van der Waals surface area contributed by atoms with Crippen molar-refractivity contribution in [2.75, 3.05) is 11.9 Å². The summed E-state index contributed by atoms with van der Waals surface area (Å²) in [7, 11) is 0. The number of nitro benzene ring substituents is 1.